The summed E-state index contributed by atoms with van der Waals surface area (Å²) in [7, 11) is 1.62. The molecule has 2 atom stereocenters. The van der Waals surface area contributed by atoms with E-state index < -0.39 is 6.10 Å². The Morgan fingerprint density at radius 3 is 2.60 bits per heavy atom. The number of rotatable bonds is 8. The Morgan fingerprint density at radius 1 is 1.06 bits per heavy atom. The topological polar surface area (TPSA) is 76.8 Å². The first-order valence-corrected chi connectivity index (χ1v) is 11.8. The van der Waals surface area contributed by atoms with E-state index in [0.717, 1.165) is 33.9 Å². The maximum atomic E-state index is 12.9. The van der Waals surface area contributed by atoms with Crippen LogP contribution < -0.4 is 14.4 Å². The average molecular weight is 472 g/mol. The molecule has 7 nitrogen and oxygen atoms in total. The highest BCUT2D eigenvalue weighted by Crippen LogP contribution is 2.33. The first kappa shape index (κ1) is 22.9. The van der Waals surface area contributed by atoms with Crippen molar-refractivity contribution in [2.45, 2.75) is 31.9 Å². The number of para-hydroxylation sites is 2. The monoisotopic (exact) mass is 471 g/mol. The van der Waals surface area contributed by atoms with Gasteiger partial charge in [-0.15, -0.1) is 0 Å². The van der Waals surface area contributed by atoms with Crippen LogP contribution in [0.15, 0.2) is 72.8 Å². The zero-order valence-electron chi connectivity index (χ0n) is 19.9. The number of aryl methyl sites for hydroxylation is 1. The quantitative estimate of drug-likeness (QED) is 0.414. The maximum Gasteiger partial charge on any atom is 0.227 e. The number of hydrogen-bond acceptors (Lipinski definition) is 5. The Labute approximate surface area is 204 Å². The molecule has 7 heteroatoms. The van der Waals surface area contributed by atoms with Gasteiger partial charge in [0.15, 0.2) is 0 Å². The summed E-state index contributed by atoms with van der Waals surface area (Å²) in [6.45, 7) is 3.04. The average Bonchev–Trinajstić information content (AvgIpc) is 3.43. The summed E-state index contributed by atoms with van der Waals surface area (Å²) in [5.74, 6) is 2.25. The van der Waals surface area contributed by atoms with Crippen molar-refractivity contribution in [1.82, 2.24) is 9.55 Å². The molecule has 1 amide bonds. The van der Waals surface area contributed by atoms with E-state index in [4.69, 9.17) is 14.5 Å². The lowest BCUT2D eigenvalue weighted by Crippen LogP contribution is -2.26. The molecule has 2 heterocycles. The van der Waals surface area contributed by atoms with Crippen LogP contribution in [0.3, 0.4) is 0 Å². The van der Waals surface area contributed by atoms with Crippen molar-refractivity contribution in [3.8, 4) is 11.5 Å². The predicted octanol–water partition coefficient (Wildman–Crippen LogP) is 4.31. The highest BCUT2D eigenvalue weighted by Gasteiger charge is 2.35. The first-order chi connectivity index (χ1) is 17.0. The largest absolute Gasteiger partial charge is 0.497 e. The summed E-state index contributed by atoms with van der Waals surface area (Å²) in [6.07, 6.45) is -0.367. The van der Waals surface area contributed by atoms with E-state index in [-0.39, 0.29) is 18.4 Å². The Bertz CT molecular complexity index is 1330. The molecule has 1 fully saturated rings. The molecule has 0 aliphatic carbocycles. The van der Waals surface area contributed by atoms with Crippen LogP contribution in [0.4, 0.5) is 5.69 Å². The predicted molar refractivity (Wildman–Crippen MR) is 135 cm³/mol. The minimum absolute atomic E-state index is 0.0647. The second-order valence-electron chi connectivity index (χ2n) is 8.95. The summed E-state index contributed by atoms with van der Waals surface area (Å²) in [5.41, 5.74) is 3.82. The molecule has 0 spiro atoms. The van der Waals surface area contributed by atoms with Crippen LogP contribution in [0.5, 0.6) is 11.5 Å². The molecule has 1 aromatic heterocycles. The van der Waals surface area contributed by atoms with Crippen molar-refractivity contribution in [2.75, 3.05) is 25.2 Å². The van der Waals surface area contributed by atoms with Crippen molar-refractivity contribution in [3.05, 3.63) is 84.2 Å². The zero-order chi connectivity index (χ0) is 24.4. The molecule has 0 unspecified atom stereocenters. The van der Waals surface area contributed by atoms with Crippen molar-refractivity contribution in [2.24, 2.45) is 0 Å². The molecule has 3 aromatic carbocycles. The molecular weight excluding hydrogens is 442 g/mol. The number of carbonyl (C=O) groups excluding carboxylic acids is 1. The van der Waals surface area contributed by atoms with Crippen molar-refractivity contribution < 1.29 is 19.4 Å². The van der Waals surface area contributed by atoms with Crippen LogP contribution >= 0.6 is 0 Å². The van der Waals surface area contributed by atoms with Crippen LogP contribution in [-0.4, -0.2) is 46.9 Å². The van der Waals surface area contributed by atoms with Gasteiger partial charge in [-0.25, -0.2) is 4.98 Å². The second-order valence-corrected chi connectivity index (χ2v) is 8.95. The van der Waals surface area contributed by atoms with Crippen molar-refractivity contribution in [1.29, 1.82) is 0 Å². The van der Waals surface area contributed by atoms with Crippen molar-refractivity contribution >= 4 is 22.6 Å². The fourth-order valence-corrected chi connectivity index (χ4v) is 4.65. The summed E-state index contributed by atoms with van der Waals surface area (Å²) < 4.78 is 13.0. The Balaban J connectivity index is 1.36. The van der Waals surface area contributed by atoms with Gasteiger partial charge in [0.05, 0.1) is 24.7 Å². The molecule has 5 rings (SSSR count). The lowest BCUT2D eigenvalue weighted by Gasteiger charge is -2.19. The maximum absolute atomic E-state index is 12.9. The van der Waals surface area contributed by atoms with Gasteiger partial charge in [0.2, 0.25) is 5.91 Å². The number of aliphatic hydroxyl groups excluding tert-OH is 1. The molecule has 0 radical (unpaired) electrons. The SMILES string of the molecule is COc1ccc(OC[C@H](O)Cn2c([C@H]3CC(=O)N(c4cccc(C)c4)C3)nc3ccccc32)cc1. The molecule has 1 aliphatic rings. The van der Waals surface area contributed by atoms with Gasteiger partial charge in [-0.05, 0) is 61.0 Å². The van der Waals surface area contributed by atoms with Gasteiger partial charge in [-0.3, -0.25) is 4.79 Å². The van der Waals surface area contributed by atoms with Crippen LogP contribution in [-0.2, 0) is 11.3 Å². The molecular formula is C28H29N3O4. The van der Waals surface area contributed by atoms with E-state index in [9.17, 15) is 9.90 Å². The van der Waals surface area contributed by atoms with Gasteiger partial charge < -0.3 is 24.0 Å². The summed E-state index contributed by atoms with van der Waals surface area (Å²) >= 11 is 0. The molecule has 1 saturated heterocycles. The van der Waals surface area contributed by atoms with Gasteiger partial charge in [-0.1, -0.05) is 24.3 Å². The standard InChI is InChI=1S/C28H29N3O4/c1-19-6-5-7-21(14-19)30-16-20(15-27(30)33)28-29-25-8-3-4-9-26(25)31(28)17-22(32)18-35-24-12-10-23(34-2)11-13-24/h3-14,20,22,32H,15-18H2,1-2H3/t20-,22+/m0/s1. The second kappa shape index (κ2) is 9.80. The third-order valence-electron chi connectivity index (χ3n) is 6.38. The minimum atomic E-state index is -0.751. The van der Waals surface area contributed by atoms with E-state index in [1.165, 1.54) is 0 Å². The first-order valence-electron chi connectivity index (χ1n) is 11.8. The fraction of sp³-hybridized carbons (Fsp3) is 0.286. The number of nitrogens with zero attached hydrogens (tertiary/aromatic N) is 3. The number of hydrogen-bond donors (Lipinski definition) is 1. The van der Waals surface area contributed by atoms with Gasteiger partial charge >= 0.3 is 0 Å². The smallest absolute Gasteiger partial charge is 0.227 e. The summed E-state index contributed by atoms with van der Waals surface area (Å²) in [5, 5.41) is 10.8. The van der Waals surface area contributed by atoms with Crippen molar-refractivity contribution in [3.63, 3.8) is 0 Å². The highest BCUT2D eigenvalue weighted by molar-refractivity contribution is 5.96. The van der Waals surface area contributed by atoms with Gasteiger partial charge in [-0.2, -0.15) is 0 Å². The molecule has 180 valence electrons. The number of imidazole rings is 1. The summed E-state index contributed by atoms with van der Waals surface area (Å²) in [4.78, 5) is 19.7. The van der Waals surface area contributed by atoms with E-state index in [1.807, 2.05) is 89.2 Å². The highest BCUT2D eigenvalue weighted by atomic mass is 16.5. The number of methoxy groups -OCH3 is 1. The van der Waals surface area contributed by atoms with Gasteiger partial charge in [0.25, 0.3) is 0 Å². The molecule has 0 bridgehead atoms. The summed E-state index contributed by atoms with van der Waals surface area (Å²) in [6, 6.07) is 23.1. The number of fused-ring (bicyclic) bond motifs is 1. The fourth-order valence-electron chi connectivity index (χ4n) is 4.65. The molecule has 1 aliphatic heterocycles. The third-order valence-corrected chi connectivity index (χ3v) is 6.38. The van der Waals surface area contributed by atoms with E-state index in [1.54, 1.807) is 7.11 Å². The van der Waals surface area contributed by atoms with E-state index in [0.29, 0.717) is 25.3 Å². The van der Waals surface area contributed by atoms with Crippen LogP contribution in [0.2, 0.25) is 0 Å². The number of aromatic nitrogens is 2. The Kier molecular flexibility index (Phi) is 6.42. The van der Waals surface area contributed by atoms with Gasteiger partial charge in [0.1, 0.15) is 30.0 Å². The van der Waals surface area contributed by atoms with Crippen LogP contribution in [0, 0.1) is 6.92 Å². The number of amides is 1. The number of carbonyl (C=O) groups is 1. The number of ether oxygens (including phenoxy) is 2. The molecule has 4 aromatic rings. The number of aliphatic hydroxyl groups is 1. The molecule has 35 heavy (non-hydrogen) atoms. The zero-order valence-corrected chi connectivity index (χ0v) is 19.9. The van der Waals surface area contributed by atoms with Crippen LogP contribution in [0.1, 0.15) is 23.7 Å². The molecule has 0 saturated carbocycles. The Hall–Kier alpha value is -3.84. The number of benzene rings is 3. The lowest BCUT2D eigenvalue weighted by molar-refractivity contribution is -0.117. The third kappa shape index (κ3) is 4.86. The Morgan fingerprint density at radius 2 is 1.83 bits per heavy atom. The van der Waals surface area contributed by atoms with E-state index in [2.05, 4.69) is 0 Å². The number of anilines is 1. The minimum Gasteiger partial charge on any atom is -0.497 e. The van der Waals surface area contributed by atoms with E-state index >= 15 is 0 Å². The van der Waals surface area contributed by atoms with Crippen LogP contribution in [0.25, 0.3) is 11.0 Å². The molecule has 1 N–H and O–H groups in total. The van der Waals surface area contributed by atoms with Gasteiger partial charge in [0, 0.05) is 24.6 Å². The normalized spacial score (nSPS) is 16.6. The lowest BCUT2D eigenvalue weighted by atomic mass is 10.1.